The number of aromatic nitrogens is 2. The Morgan fingerprint density at radius 1 is 1.39 bits per heavy atom. The van der Waals surface area contributed by atoms with Crippen molar-refractivity contribution in [3.05, 3.63) is 52.6 Å². The van der Waals surface area contributed by atoms with Gasteiger partial charge in [-0.3, -0.25) is 10.2 Å². The van der Waals surface area contributed by atoms with Crippen LogP contribution in [0.15, 0.2) is 30.0 Å². The molecule has 0 fully saturated rings. The van der Waals surface area contributed by atoms with Crippen LogP contribution in [0.1, 0.15) is 40.8 Å². The van der Waals surface area contributed by atoms with E-state index in [0.29, 0.717) is 17.1 Å². The maximum Gasteiger partial charge on any atom is 0.273 e. The highest BCUT2D eigenvalue weighted by Crippen LogP contribution is 2.25. The van der Waals surface area contributed by atoms with Crippen LogP contribution >= 0.6 is 11.6 Å². The number of rotatable bonds is 4. The summed E-state index contributed by atoms with van der Waals surface area (Å²) < 4.78 is 0. The number of nitrogens with one attached hydrogen (secondary N) is 3. The van der Waals surface area contributed by atoms with Gasteiger partial charge in [-0.15, -0.1) is 0 Å². The van der Waals surface area contributed by atoms with Crippen LogP contribution in [-0.4, -0.2) is 21.0 Å². The fourth-order valence-corrected chi connectivity index (χ4v) is 2.70. The van der Waals surface area contributed by atoms with Crippen molar-refractivity contribution in [3.63, 3.8) is 0 Å². The third-order valence-electron chi connectivity index (χ3n) is 3.90. The van der Waals surface area contributed by atoms with Gasteiger partial charge in [0, 0.05) is 5.69 Å². The first kappa shape index (κ1) is 15.5. The summed E-state index contributed by atoms with van der Waals surface area (Å²) in [5, 5.41) is 10.2. The number of nitrogens with zero attached hydrogens (tertiary/aromatic N) is 1. The van der Waals surface area contributed by atoms with Crippen molar-refractivity contribution in [1.29, 1.82) is 5.41 Å². The number of H-pyrrole nitrogens is 1. The minimum absolute atomic E-state index is 0.0504. The lowest BCUT2D eigenvalue weighted by Crippen LogP contribution is -2.12. The molecular formula is C17H17ClN4O. The molecule has 0 radical (unpaired) electrons. The van der Waals surface area contributed by atoms with Crippen LogP contribution < -0.4 is 5.32 Å². The first-order valence-electron chi connectivity index (χ1n) is 7.44. The van der Waals surface area contributed by atoms with Crippen molar-refractivity contribution in [2.45, 2.75) is 26.2 Å². The van der Waals surface area contributed by atoms with Gasteiger partial charge in [0.25, 0.3) is 5.91 Å². The number of anilines is 1. The molecule has 3 N–H and O–H groups in total. The molecule has 1 aliphatic rings. The second-order valence-corrected chi connectivity index (χ2v) is 5.99. The lowest BCUT2D eigenvalue weighted by molar-refractivity contribution is 0.102. The molecule has 0 aliphatic heterocycles. The van der Waals surface area contributed by atoms with Crippen LogP contribution in [0, 0.1) is 5.41 Å². The monoisotopic (exact) mass is 328 g/mol. The summed E-state index contributed by atoms with van der Waals surface area (Å²) in [6, 6.07) is 6.04. The number of halogens is 1. The maximum absolute atomic E-state index is 12.3. The Labute approximate surface area is 139 Å². The topological polar surface area (TPSA) is 81.6 Å². The largest absolute Gasteiger partial charge is 0.334 e. The Morgan fingerprint density at radius 2 is 2.17 bits per heavy atom. The number of aryl methyl sites for hydroxylation is 2. The van der Waals surface area contributed by atoms with Gasteiger partial charge in [-0.25, -0.2) is 4.98 Å². The highest BCUT2D eigenvalue weighted by molar-refractivity contribution is 6.69. The van der Waals surface area contributed by atoms with Crippen molar-refractivity contribution in [3.8, 4) is 0 Å². The van der Waals surface area contributed by atoms with Crippen molar-refractivity contribution in [2.75, 3.05) is 5.32 Å². The molecule has 2 aromatic rings. The third kappa shape index (κ3) is 3.51. The standard InChI is InChI=1S/C17H17ClN4O/c1-10(16(18)19)7-15-20-9-14(22-15)17(23)21-13-6-5-11-3-2-4-12(11)8-13/h5-9,19H,2-4H2,1H3,(H,20,22)(H,21,23)/b10-7-,19-16?. The number of aromatic amines is 1. The van der Waals surface area contributed by atoms with E-state index in [9.17, 15) is 4.79 Å². The van der Waals surface area contributed by atoms with Crippen molar-refractivity contribution < 1.29 is 4.79 Å². The van der Waals surface area contributed by atoms with Gasteiger partial charge in [-0.05, 0) is 61.1 Å². The minimum Gasteiger partial charge on any atom is -0.334 e. The Morgan fingerprint density at radius 3 is 2.96 bits per heavy atom. The van der Waals surface area contributed by atoms with Crippen molar-refractivity contribution in [2.24, 2.45) is 0 Å². The van der Waals surface area contributed by atoms with E-state index in [1.54, 1.807) is 13.0 Å². The molecule has 23 heavy (non-hydrogen) atoms. The zero-order valence-electron chi connectivity index (χ0n) is 12.7. The number of amides is 1. The number of carbonyl (C=O) groups excluding carboxylic acids is 1. The molecular weight excluding hydrogens is 312 g/mol. The molecule has 118 valence electrons. The minimum atomic E-state index is -0.242. The number of fused-ring (bicyclic) bond motifs is 1. The normalized spacial score (nSPS) is 13.7. The average molecular weight is 329 g/mol. The van der Waals surface area contributed by atoms with Gasteiger partial charge in [0.2, 0.25) is 0 Å². The van der Waals surface area contributed by atoms with Gasteiger partial charge in [-0.2, -0.15) is 0 Å². The molecule has 0 unspecified atom stereocenters. The molecule has 0 spiro atoms. The van der Waals surface area contributed by atoms with Crippen LogP contribution in [0.2, 0.25) is 0 Å². The molecule has 1 aliphatic carbocycles. The van der Waals surface area contributed by atoms with Gasteiger partial charge in [0.1, 0.15) is 16.7 Å². The molecule has 0 saturated carbocycles. The zero-order chi connectivity index (χ0) is 16.4. The predicted molar refractivity (Wildman–Crippen MR) is 92.2 cm³/mol. The fourth-order valence-electron chi connectivity index (χ4n) is 2.64. The third-order valence-corrected chi connectivity index (χ3v) is 4.19. The fraction of sp³-hybridized carbons (Fsp3) is 0.235. The van der Waals surface area contributed by atoms with E-state index in [-0.39, 0.29) is 11.1 Å². The Bertz CT molecular complexity index is 807. The molecule has 1 aromatic heterocycles. The van der Waals surface area contributed by atoms with E-state index in [0.717, 1.165) is 18.5 Å². The molecule has 0 atom stereocenters. The molecule has 1 amide bonds. The summed E-state index contributed by atoms with van der Waals surface area (Å²) in [4.78, 5) is 19.3. The summed E-state index contributed by atoms with van der Waals surface area (Å²) in [7, 11) is 0. The number of allylic oxidation sites excluding steroid dienone is 1. The van der Waals surface area contributed by atoms with E-state index < -0.39 is 0 Å². The Kier molecular flexibility index (Phi) is 4.30. The second-order valence-electron chi connectivity index (χ2n) is 5.61. The molecule has 1 heterocycles. The van der Waals surface area contributed by atoms with Crippen molar-refractivity contribution in [1.82, 2.24) is 9.97 Å². The SMILES string of the molecule is C/C(=C/c1ncc(C(=O)Nc2ccc3c(c2)CCC3)[nH]1)C(=N)Cl. The Hall–Kier alpha value is -2.40. The number of imidazole rings is 1. The molecule has 6 heteroatoms. The number of hydrogen-bond acceptors (Lipinski definition) is 3. The summed E-state index contributed by atoms with van der Waals surface area (Å²) in [5.41, 5.74) is 4.42. The first-order chi connectivity index (χ1) is 11.0. The number of hydrogen-bond donors (Lipinski definition) is 3. The summed E-state index contributed by atoms with van der Waals surface area (Å²) in [6.07, 6.45) is 6.47. The summed E-state index contributed by atoms with van der Waals surface area (Å²) in [6.45, 7) is 1.71. The van der Waals surface area contributed by atoms with E-state index in [1.165, 1.54) is 23.7 Å². The van der Waals surface area contributed by atoms with Gasteiger partial charge in [-0.1, -0.05) is 17.7 Å². The van der Waals surface area contributed by atoms with Gasteiger partial charge < -0.3 is 10.3 Å². The predicted octanol–water partition coefficient (Wildman–Crippen LogP) is 3.77. The maximum atomic E-state index is 12.3. The summed E-state index contributed by atoms with van der Waals surface area (Å²) in [5.74, 6) is 0.251. The molecule has 3 rings (SSSR count). The number of benzene rings is 1. The average Bonchev–Trinajstić information content (AvgIpc) is 3.15. The van der Waals surface area contributed by atoms with E-state index in [2.05, 4.69) is 21.4 Å². The summed E-state index contributed by atoms with van der Waals surface area (Å²) >= 11 is 5.60. The second kappa shape index (κ2) is 6.38. The van der Waals surface area contributed by atoms with E-state index in [1.807, 2.05) is 12.1 Å². The smallest absolute Gasteiger partial charge is 0.273 e. The quantitative estimate of drug-likeness (QED) is 0.747. The highest BCUT2D eigenvalue weighted by atomic mass is 35.5. The van der Waals surface area contributed by atoms with Crippen LogP contribution in [0.4, 0.5) is 5.69 Å². The molecule has 0 bridgehead atoms. The lowest BCUT2D eigenvalue weighted by Gasteiger charge is -2.06. The van der Waals surface area contributed by atoms with E-state index in [4.69, 9.17) is 17.0 Å². The van der Waals surface area contributed by atoms with Crippen LogP contribution in [0.25, 0.3) is 6.08 Å². The van der Waals surface area contributed by atoms with Crippen LogP contribution in [0.5, 0.6) is 0 Å². The molecule has 0 saturated heterocycles. The van der Waals surface area contributed by atoms with Crippen molar-refractivity contribution >= 4 is 34.4 Å². The van der Waals surface area contributed by atoms with E-state index >= 15 is 0 Å². The number of carbonyl (C=O) groups is 1. The molecule has 5 nitrogen and oxygen atoms in total. The molecule has 1 aromatic carbocycles. The van der Waals surface area contributed by atoms with Gasteiger partial charge >= 0.3 is 0 Å². The van der Waals surface area contributed by atoms with Gasteiger partial charge in [0.15, 0.2) is 0 Å². The lowest BCUT2D eigenvalue weighted by atomic mass is 10.1. The van der Waals surface area contributed by atoms with Crippen LogP contribution in [-0.2, 0) is 12.8 Å². The van der Waals surface area contributed by atoms with Crippen LogP contribution in [0.3, 0.4) is 0 Å². The highest BCUT2D eigenvalue weighted by Gasteiger charge is 2.13. The Balaban J connectivity index is 1.73. The first-order valence-corrected chi connectivity index (χ1v) is 7.81. The zero-order valence-corrected chi connectivity index (χ0v) is 13.5. The van der Waals surface area contributed by atoms with Gasteiger partial charge in [0.05, 0.1) is 6.20 Å².